The zero-order valence-corrected chi connectivity index (χ0v) is 11.2. The van der Waals surface area contributed by atoms with Crippen molar-refractivity contribution in [2.75, 3.05) is 5.73 Å². The number of para-hydroxylation sites is 1. The number of anilines is 1. The van der Waals surface area contributed by atoms with Crippen LogP contribution in [-0.4, -0.2) is 4.98 Å². The molecule has 1 aromatic heterocycles. The predicted molar refractivity (Wildman–Crippen MR) is 81.8 cm³/mol. The van der Waals surface area contributed by atoms with E-state index in [1.165, 1.54) is 0 Å². The third kappa shape index (κ3) is 2.46. The number of nitrogen functional groups attached to an aromatic ring is 1. The Morgan fingerprint density at radius 1 is 0.950 bits per heavy atom. The van der Waals surface area contributed by atoms with Crippen molar-refractivity contribution >= 4 is 39.6 Å². The summed E-state index contributed by atoms with van der Waals surface area (Å²) in [7, 11) is 0. The fraction of sp³-hybridized carbons (Fsp3) is 0. The molecule has 3 rings (SSSR count). The number of halogens is 1. The fourth-order valence-corrected chi connectivity index (χ4v) is 2.02. The van der Waals surface area contributed by atoms with E-state index in [1.807, 2.05) is 30.3 Å². The molecule has 2 aromatic carbocycles. The monoisotopic (exact) mass is 282 g/mol. The number of hydrogen-bond acceptors (Lipinski definition) is 4. The minimum Gasteiger partial charge on any atom is -0.397 e. The van der Waals surface area contributed by atoms with E-state index >= 15 is 0 Å². The zero-order chi connectivity index (χ0) is 13.9. The molecule has 0 saturated carbocycles. The first-order valence-electron chi connectivity index (χ1n) is 6.04. The molecule has 5 heteroatoms. The summed E-state index contributed by atoms with van der Waals surface area (Å²) >= 11 is 5.83. The predicted octanol–water partition coefficient (Wildman–Crippen LogP) is 4.89. The lowest BCUT2D eigenvalue weighted by Gasteiger charge is -2.02. The fourth-order valence-electron chi connectivity index (χ4n) is 1.89. The Morgan fingerprint density at radius 3 is 2.55 bits per heavy atom. The van der Waals surface area contributed by atoms with Crippen molar-refractivity contribution in [1.82, 2.24) is 4.98 Å². The molecule has 0 bridgehead atoms. The van der Waals surface area contributed by atoms with Crippen molar-refractivity contribution in [2.24, 2.45) is 10.2 Å². The number of benzene rings is 2. The van der Waals surface area contributed by atoms with Crippen molar-refractivity contribution in [3.05, 3.63) is 59.8 Å². The van der Waals surface area contributed by atoms with Gasteiger partial charge in [-0.05, 0) is 36.4 Å². The number of pyridine rings is 1. The van der Waals surface area contributed by atoms with Crippen LogP contribution in [0.5, 0.6) is 0 Å². The first-order valence-corrected chi connectivity index (χ1v) is 6.42. The van der Waals surface area contributed by atoms with E-state index in [0.29, 0.717) is 10.7 Å². The van der Waals surface area contributed by atoms with Gasteiger partial charge in [0.1, 0.15) is 0 Å². The van der Waals surface area contributed by atoms with E-state index in [2.05, 4.69) is 15.2 Å². The van der Waals surface area contributed by atoms with Gasteiger partial charge < -0.3 is 5.73 Å². The number of fused-ring (bicyclic) bond motifs is 1. The smallest absolute Gasteiger partial charge is 0.0967 e. The molecule has 0 unspecified atom stereocenters. The average molecular weight is 283 g/mol. The average Bonchev–Trinajstić information content (AvgIpc) is 2.47. The van der Waals surface area contributed by atoms with Crippen LogP contribution in [0.15, 0.2) is 65.0 Å². The molecule has 0 saturated heterocycles. The molecule has 20 heavy (non-hydrogen) atoms. The molecule has 0 atom stereocenters. The lowest BCUT2D eigenvalue weighted by Crippen LogP contribution is -1.88. The highest BCUT2D eigenvalue weighted by Crippen LogP contribution is 2.29. The van der Waals surface area contributed by atoms with Gasteiger partial charge in [0, 0.05) is 16.6 Å². The van der Waals surface area contributed by atoms with Crippen molar-refractivity contribution in [3.8, 4) is 0 Å². The van der Waals surface area contributed by atoms with Crippen LogP contribution in [0.3, 0.4) is 0 Å². The van der Waals surface area contributed by atoms with Crippen LogP contribution in [0.1, 0.15) is 0 Å². The normalized spacial score (nSPS) is 11.2. The van der Waals surface area contributed by atoms with E-state index < -0.39 is 0 Å². The molecule has 0 aliphatic rings. The second-order valence-corrected chi connectivity index (χ2v) is 4.69. The van der Waals surface area contributed by atoms with Gasteiger partial charge in [0.25, 0.3) is 0 Å². The molecule has 98 valence electrons. The number of rotatable bonds is 2. The van der Waals surface area contributed by atoms with Crippen molar-refractivity contribution in [2.45, 2.75) is 0 Å². The van der Waals surface area contributed by atoms with Crippen LogP contribution >= 0.6 is 11.6 Å². The molecule has 4 nitrogen and oxygen atoms in total. The lowest BCUT2D eigenvalue weighted by atomic mass is 10.1. The largest absolute Gasteiger partial charge is 0.397 e. The summed E-state index contributed by atoms with van der Waals surface area (Å²) in [5.74, 6) is 0. The number of nitrogens with zero attached hydrogens (tertiary/aromatic N) is 3. The van der Waals surface area contributed by atoms with Crippen LogP contribution in [-0.2, 0) is 0 Å². The number of aromatic nitrogens is 1. The summed E-state index contributed by atoms with van der Waals surface area (Å²) in [6.45, 7) is 0. The molecule has 0 aliphatic heterocycles. The Morgan fingerprint density at radius 2 is 1.75 bits per heavy atom. The third-order valence-corrected chi connectivity index (χ3v) is 3.13. The zero-order valence-electron chi connectivity index (χ0n) is 10.5. The first-order chi connectivity index (χ1) is 9.74. The van der Waals surface area contributed by atoms with Crippen LogP contribution in [0.4, 0.5) is 17.1 Å². The van der Waals surface area contributed by atoms with Crippen LogP contribution in [0.2, 0.25) is 5.02 Å². The molecule has 0 aliphatic carbocycles. The van der Waals surface area contributed by atoms with Gasteiger partial charge in [-0.2, -0.15) is 5.11 Å². The summed E-state index contributed by atoms with van der Waals surface area (Å²) < 4.78 is 0. The summed E-state index contributed by atoms with van der Waals surface area (Å²) in [5.41, 5.74) is 8.74. The van der Waals surface area contributed by atoms with Gasteiger partial charge in [-0.25, -0.2) is 0 Å². The number of hydrogen-bond donors (Lipinski definition) is 1. The molecule has 2 N–H and O–H groups in total. The number of azo groups is 1. The Hall–Kier alpha value is -2.46. The van der Waals surface area contributed by atoms with E-state index in [-0.39, 0.29) is 0 Å². The third-order valence-electron chi connectivity index (χ3n) is 2.88. The maximum atomic E-state index is 5.90. The first kappa shape index (κ1) is 12.6. The van der Waals surface area contributed by atoms with Gasteiger partial charge in [-0.1, -0.05) is 23.7 Å². The van der Waals surface area contributed by atoms with E-state index in [4.69, 9.17) is 17.3 Å². The highest BCUT2D eigenvalue weighted by atomic mass is 35.5. The molecule has 0 spiro atoms. The SMILES string of the molecule is Nc1cccc2c(N=Nc3ccc(Cl)cc3)ccnc12. The maximum absolute atomic E-state index is 5.90. The Bertz CT molecular complexity index is 781. The molecule has 0 amide bonds. The van der Waals surface area contributed by atoms with Gasteiger partial charge in [0.15, 0.2) is 0 Å². The number of nitrogens with two attached hydrogens (primary N) is 1. The van der Waals surface area contributed by atoms with Gasteiger partial charge in [-0.15, -0.1) is 5.11 Å². The molecule has 3 aromatic rings. The minimum absolute atomic E-state index is 0.631. The van der Waals surface area contributed by atoms with E-state index in [9.17, 15) is 0 Å². The summed E-state index contributed by atoms with van der Waals surface area (Å²) in [5, 5.41) is 10.0. The van der Waals surface area contributed by atoms with Crippen LogP contribution in [0, 0.1) is 0 Å². The van der Waals surface area contributed by atoms with Crippen molar-refractivity contribution in [3.63, 3.8) is 0 Å². The van der Waals surface area contributed by atoms with E-state index in [0.717, 1.165) is 22.3 Å². The van der Waals surface area contributed by atoms with Gasteiger partial charge in [0.2, 0.25) is 0 Å². The summed E-state index contributed by atoms with van der Waals surface area (Å²) in [6, 6.07) is 14.6. The second kappa shape index (κ2) is 5.27. The topological polar surface area (TPSA) is 63.6 Å². The van der Waals surface area contributed by atoms with Gasteiger partial charge in [0.05, 0.1) is 22.6 Å². The van der Waals surface area contributed by atoms with Crippen molar-refractivity contribution < 1.29 is 0 Å². The quantitative estimate of drug-likeness (QED) is 0.537. The highest BCUT2D eigenvalue weighted by Gasteiger charge is 2.03. The summed E-state index contributed by atoms with van der Waals surface area (Å²) in [6.07, 6.45) is 1.68. The molecular weight excluding hydrogens is 272 g/mol. The minimum atomic E-state index is 0.631. The molecular formula is C15H11ClN4. The second-order valence-electron chi connectivity index (χ2n) is 4.25. The Labute approximate surface area is 120 Å². The van der Waals surface area contributed by atoms with Gasteiger partial charge >= 0.3 is 0 Å². The Kier molecular flexibility index (Phi) is 3.31. The van der Waals surface area contributed by atoms with Crippen molar-refractivity contribution in [1.29, 1.82) is 0 Å². The molecule has 0 fully saturated rings. The van der Waals surface area contributed by atoms with Crippen LogP contribution < -0.4 is 5.73 Å². The highest BCUT2D eigenvalue weighted by molar-refractivity contribution is 6.30. The lowest BCUT2D eigenvalue weighted by molar-refractivity contribution is 1.23. The van der Waals surface area contributed by atoms with Crippen LogP contribution in [0.25, 0.3) is 10.9 Å². The standard InChI is InChI=1S/C15H11ClN4/c16-10-4-6-11(7-5-10)19-20-14-8-9-18-15-12(14)2-1-3-13(15)17/h1-9H,17H2. The van der Waals surface area contributed by atoms with Gasteiger partial charge in [-0.3, -0.25) is 4.98 Å². The molecule has 1 heterocycles. The maximum Gasteiger partial charge on any atom is 0.0967 e. The summed E-state index contributed by atoms with van der Waals surface area (Å²) in [4.78, 5) is 4.26. The molecule has 0 radical (unpaired) electrons. The Balaban J connectivity index is 2.02. The van der Waals surface area contributed by atoms with E-state index in [1.54, 1.807) is 24.4 Å².